The maximum atomic E-state index is 10.9. The summed E-state index contributed by atoms with van der Waals surface area (Å²) >= 11 is 0. The average molecular weight is 326 g/mol. The third-order valence-corrected chi connectivity index (χ3v) is 3.23. The number of aliphatic carboxylic acids is 1. The van der Waals surface area contributed by atoms with Crippen LogP contribution in [0.3, 0.4) is 0 Å². The van der Waals surface area contributed by atoms with Crippen molar-refractivity contribution in [3.63, 3.8) is 0 Å². The smallest absolute Gasteiger partial charge is 0.317 e. The highest BCUT2D eigenvalue weighted by Gasteiger charge is 2.23. The van der Waals surface area contributed by atoms with E-state index in [0.717, 1.165) is 12.0 Å². The number of benzene rings is 1. The molecule has 6 nitrogen and oxygen atoms in total. The molecule has 0 saturated heterocycles. The van der Waals surface area contributed by atoms with Gasteiger partial charge >= 0.3 is 5.97 Å². The van der Waals surface area contributed by atoms with Crippen LogP contribution in [-0.2, 0) is 4.79 Å². The van der Waals surface area contributed by atoms with Crippen molar-refractivity contribution in [3.05, 3.63) is 36.2 Å². The van der Waals surface area contributed by atoms with E-state index in [2.05, 4.69) is 10.1 Å². The summed E-state index contributed by atoms with van der Waals surface area (Å²) in [5.41, 5.74) is 0.875. The Kier molecular flexibility index (Phi) is 7.01. The Morgan fingerprint density at radius 3 is 2.64 bits per heavy atom. The molecule has 0 aliphatic carbocycles. The first kappa shape index (κ1) is 18.1. The van der Waals surface area contributed by atoms with Crippen LogP contribution in [0, 0.1) is 0 Å². The molecule has 0 saturated carbocycles. The second kappa shape index (κ2) is 8.51. The van der Waals surface area contributed by atoms with E-state index in [-0.39, 0.29) is 25.0 Å². The number of aromatic nitrogens is 2. The number of hydrogen-bond donors (Lipinski definition) is 1. The van der Waals surface area contributed by atoms with Gasteiger partial charge in [0.2, 0.25) is 11.7 Å². The monoisotopic (exact) mass is 325 g/mol. The third-order valence-electron chi connectivity index (χ3n) is 3.23. The topological polar surface area (TPSA) is 79.5 Å². The number of halogens is 1. The van der Waals surface area contributed by atoms with E-state index in [1.807, 2.05) is 49.1 Å². The summed E-state index contributed by atoms with van der Waals surface area (Å²) in [5.74, 6) is 0.0888. The van der Waals surface area contributed by atoms with Gasteiger partial charge in [0.25, 0.3) is 0 Å². The zero-order chi connectivity index (χ0) is 15.2. The quantitative estimate of drug-likeness (QED) is 0.843. The Morgan fingerprint density at radius 1 is 1.36 bits per heavy atom. The van der Waals surface area contributed by atoms with Gasteiger partial charge in [0.15, 0.2) is 0 Å². The zero-order valence-electron chi connectivity index (χ0n) is 12.6. The van der Waals surface area contributed by atoms with Crippen molar-refractivity contribution in [2.24, 2.45) is 0 Å². The normalized spacial score (nSPS) is 12.0. The molecule has 0 aliphatic heterocycles. The van der Waals surface area contributed by atoms with Crippen LogP contribution in [0.5, 0.6) is 0 Å². The Hall–Kier alpha value is -1.92. The molecule has 0 aliphatic rings. The lowest BCUT2D eigenvalue weighted by atomic mass is 10.2. The summed E-state index contributed by atoms with van der Waals surface area (Å²) in [4.78, 5) is 17.1. The minimum Gasteiger partial charge on any atom is -0.480 e. The zero-order valence-corrected chi connectivity index (χ0v) is 13.4. The van der Waals surface area contributed by atoms with Gasteiger partial charge in [-0.15, -0.1) is 12.4 Å². The van der Waals surface area contributed by atoms with Crippen LogP contribution in [0.2, 0.25) is 0 Å². The first-order chi connectivity index (χ1) is 10.1. The molecule has 0 bridgehead atoms. The molecular weight excluding hydrogens is 306 g/mol. The number of hydrogen-bond acceptors (Lipinski definition) is 5. The number of rotatable bonds is 7. The standard InChI is InChI=1S/C15H19N3O3.ClH/c1-3-9-18(10-13(19)20)11(2)15-16-14(17-21-15)12-7-5-4-6-8-12;/h4-8,11H,3,9-10H2,1-2H3,(H,19,20);1H. The molecular formula is C15H20ClN3O3. The molecule has 1 aromatic carbocycles. The van der Waals surface area contributed by atoms with E-state index in [1.165, 1.54) is 0 Å². The molecule has 0 spiro atoms. The van der Waals surface area contributed by atoms with Gasteiger partial charge in [-0.05, 0) is 19.9 Å². The summed E-state index contributed by atoms with van der Waals surface area (Å²) in [7, 11) is 0. The summed E-state index contributed by atoms with van der Waals surface area (Å²) in [6, 6.07) is 9.31. The molecule has 0 amide bonds. The van der Waals surface area contributed by atoms with Crippen molar-refractivity contribution in [2.75, 3.05) is 13.1 Å². The van der Waals surface area contributed by atoms with Crippen molar-refractivity contribution in [2.45, 2.75) is 26.3 Å². The Bertz CT molecular complexity index is 589. The van der Waals surface area contributed by atoms with Crippen LogP contribution < -0.4 is 0 Å². The molecule has 7 heteroatoms. The van der Waals surface area contributed by atoms with E-state index in [1.54, 1.807) is 0 Å². The van der Waals surface area contributed by atoms with E-state index in [4.69, 9.17) is 9.63 Å². The fraction of sp³-hybridized carbons (Fsp3) is 0.400. The van der Waals surface area contributed by atoms with E-state index in [9.17, 15) is 4.79 Å². The largest absolute Gasteiger partial charge is 0.480 e. The van der Waals surface area contributed by atoms with E-state index >= 15 is 0 Å². The molecule has 1 unspecified atom stereocenters. The number of carboxylic acids is 1. The van der Waals surface area contributed by atoms with Crippen LogP contribution >= 0.6 is 12.4 Å². The van der Waals surface area contributed by atoms with Crippen molar-refractivity contribution < 1.29 is 14.4 Å². The highest BCUT2D eigenvalue weighted by Crippen LogP contribution is 2.22. The van der Waals surface area contributed by atoms with Gasteiger partial charge in [-0.25, -0.2) is 0 Å². The van der Waals surface area contributed by atoms with Gasteiger partial charge in [-0.2, -0.15) is 4.98 Å². The van der Waals surface area contributed by atoms with Gasteiger partial charge in [0, 0.05) is 5.56 Å². The second-order valence-electron chi connectivity index (χ2n) is 4.86. The lowest BCUT2D eigenvalue weighted by molar-refractivity contribution is -0.139. The Labute approximate surface area is 135 Å². The van der Waals surface area contributed by atoms with Gasteiger partial charge in [0.05, 0.1) is 12.6 Å². The predicted molar refractivity (Wildman–Crippen MR) is 84.9 cm³/mol. The van der Waals surface area contributed by atoms with Gasteiger partial charge in [-0.1, -0.05) is 42.4 Å². The van der Waals surface area contributed by atoms with Gasteiger partial charge < -0.3 is 9.63 Å². The molecule has 2 aromatic rings. The molecule has 22 heavy (non-hydrogen) atoms. The van der Waals surface area contributed by atoms with Crippen LogP contribution in [0.1, 0.15) is 32.2 Å². The summed E-state index contributed by atoms with van der Waals surface area (Å²) in [6.07, 6.45) is 0.858. The Morgan fingerprint density at radius 2 is 2.05 bits per heavy atom. The van der Waals surface area contributed by atoms with Crippen molar-refractivity contribution in [1.82, 2.24) is 15.0 Å². The van der Waals surface area contributed by atoms with Crippen LogP contribution in [0.4, 0.5) is 0 Å². The molecule has 120 valence electrons. The highest BCUT2D eigenvalue weighted by atomic mass is 35.5. The summed E-state index contributed by atoms with van der Waals surface area (Å²) in [6.45, 7) is 4.50. The molecule has 2 rings (SSSR count). The summed E-state index contributed by atoms with van der Waals surface area (Å²) in [5, 5.41) is 13.0. The molecule has 1 heterocycles. The van der Waals surface area contributed by atoms with Crippen molar-refractivity contribution in [3.8, 4) is 11.4 Å². The minimum absolute atomic E-state index is 0. The molecule has 1 aromatic heterocycles. The van der Waals surface area contributed by atoms with E-state index < -0.39 is 5.97 Å². The van der Waals surface area contributed by atoms with Crippen LogP contribution in [0.25, 0.3) is 11.4 Å². The number of carboxylic acid groups (broad SMARTS) is 1. The fourth-order valence-electron chi connectivity index (χ4n) is 2.14. The van der Waals surface area contributed by atoms with Gasteiger partial charge in [-0.3, -0.25) is 9.69 Å². The second-order valence-corrected chi connectivity index (χ2v) is 4.86. The average Bonchev–Trinajstić information content (AvgIpc) is 2.96. The first-order valence-electron chi connectivity index (χ1n) is 6.96. The van der Waals surface area contributed by atoms with Crippen LogP contribution in [0.15, 0.2) is 34.9 Å². The molecule has 0 radical (unpaired) electrons. The lowest BCUT2D eigenvalue weighted by Crippen LogP contribution is -2.33. The third kappa shape index (κ3) is 4.54. The van der Waals surface area contributed by atoms with Gasteiger partial charge in [0.1, 0.15) is 0 Å². The SMILES string of the molecule is CCCN(CC(=O)O)C(C)c1nc(-c2ccccc2)no1.Cl. The highest BCUT2D eigenvalue weighted by molar-refractivity contribution is 5.85. The molecule has 1 N–H and O–H groups in total. The van der Waals surface area contributed by atoms with Crippen LogP contribution in [-0.4, -0.2) is 39.2 Å². The maximum Gasteiger partial charge on any atom is 0.317 e. The first-order valence-corrected chi connectivity index (χ1v) is 6.96. The molecule has 1 atom stereocenters. The van der Waals surface area contributed by atoms with Crippen molar-refractivity contribution in [1.29, 1.82) is 0 Å². The summed E-state index contributed by atoms with van der Waals surface area (Å²) < 4.78 is 5.29. The minimum atomic E-state index is -0.863. The Balaban J connectivity index is 0.00000242. The van der Waals surface area contributed by atoms with E-state index in [0.29, 0.717) is 18.3 Å². The molecule has 0 fully saturated rings. The lowest BCUT2D eigenvalue weighted by Gasteiger charge is -2.23. The fourth-order valence-corrected chi connectivity index (χ4v) is 2.14. The maximum absolute atomic E-state index is 10.9. The number of carbonyl (C=O) groups is 1. The number of nitrogens with zero attached hydrogens (tertiary/aromatic N) is 3. The predicted octanol–water partition coefficient (Wildman–Crippen LogP) is 3.02. The van der Waals surface area contributed by atoms with Crippen molar-refractivity contribution >= 4 is 18.4 Å².